The Morgan fingerprint density at radius 3 is 2.72 bits per heavy atom. The van der Waals surface area contributed by atoms with Gasteiger partial charge in [-0.25, -0.2) is 9.78 Å². The maximum absolute atomic E-state index is 13.6. The summed E-state index contributed by atoms with van der Waals surface area (Å²) >= 11 is 0. The molecule has 1 aliphatic heterocycles. The lowest BCUT2D eigenvalue weighted by atomic mass is 10.1. The first-order valence-corrected chi connectivity index (χ1v) is 9.52. The first kappa shape index (κ1) is 21.1. The Balaban J connectivity index is 1.73. The molecule has 1 fully saturated rings. The van der Waals surface area contributed by atoms with E-state index in [1.165, 1.54) is 30.7 Å². The molecule has 2 aromatic heterocycles. The number of carbonyl (C=O) groups is 1. The van der Waals surface area contributed by atoms with Gasteiger partial charge in [0.15, 0.2) is 0 Å². The third kappa shape index (κ3) is 4.44. The van der Waals surface area contributed by atoms with Gasteiger partial charge in [-0.1, -0.05) is 0 Å². The Hall–Kier alpha value is -4.19. The normalized spacial score (nSPS) is 13.6. The number of halogens is 1. The van der Waals surface area contributed by atoms with E-state index in [1.807, 2.05) is 4.90 Å². The van der Waals surface area contributed by atoms with Gasteiger partial charge in [-0.15, -0.1) is 0 Å². The number of nitro benzene ring substituents is 1. The smallest absolute Gasteiger partial charge is 0.337 e. The lowest BCUT2D eigenvalue weighted by Gasteiger charge is -2.29. The van der Waals surface area contributed by atoms with Crippen LogP contribution in [-0.2, 0) is 4.74 Å². The zero-order valence-electron chi connectivity index (χ0n) is 16.6. The third-order valence-corrected chi connectivity index (χ3v) is 4.77. The van der Waals surface area contributed by atoms with Gasteiger partial charge in [-0.2, -0.15) is 9.37 Å². The van der Waals surface area contributed by atoms with Crippen molar-refractivity contribution < 1.29 is 24.0 Å². The van der Waals surface area contributed by atoms with E-state index in [-0.39, 0.29) is 17.2 Å². The number of nitrogens with one attached hydrogen (secondary N) is 1. The second-order valence-corrected chi connectivity index (χ2v) is 6.85. The van der Waals surface area contributed by atoms with E-state index >= 15 is 0 Å². The van der Waals surface area contributed by atoms with Crippen LogP contribution in [0.15, 0.2) is 42.9 Å². The van der Waals surface area contributed by atoms with Crippen LogP contribution in [0, 0.1) is 15.9 Å². The van der Waals surface area contributed by atoms with Crippen LogP contribution >= 0.6 is 0 Å². The molecular formula is C20H17FN6O5. The van der Waals surface area contributed by atoms with E-state index in [2.05, 4.69) is 20.3 Å². The minimum atomic E-state index is -1.11. The van der Waals surface area contributed by atoms with Crippen molar-refractivity contribution in [2.75, 3.05) is 36.5 Å². The number of hydrogen-bond donors (Lipinski definition) is 2. The molecular weight excluding hydrogens is 423 g/mol. The van der Waals surface area contributed by atoms with Crippen molar-refractivity contribution in [1.29, 1.82) is 0 Å². The molecule has 164 valence electrons. The molecule has 1 saturated heterocycles. The summed E-state index contributed by atoms with van der Waals surface area (Å²) < 4.78 is 19.0. The fourth-order valence-corrected chi connectivity index (χ4v) is 3.22. The predicted molar refractivity (Wildman–Crippen MR) is 112 cm³/mol. The summed E-state index contributed by atoms with van der Waals surface area (Å²) in [5.41, 5.74) is 0.689. The van der Waals surface area contributed by atoms with Crippen molar-refractivity contribution in [3.05, 3.63) is 64.4 Å². The molecule has 11 nitrogen and oxygen atoms in total. The Kier molecular flexibility index (Phi) is 5.85. The van der Waals surface area contributed by atoms with Crippen LogP contribution in [-0.4, -0.2) is 57.3 Å². The molecule has 0 saturated carbocycles. The molecule has 32 heavy (non-hydrogen) atoms. The van der Waals surface area contributed by atoms with Crippen LogP contribution in [0.3, 0.4) is 0 Å². The number of benzene rings is 1. The SMILES string of the molecule is O=C(O)c1cncc(-c2cnc(Nc3ccc(F)c([N+](=O)[O-])c3)nc2N2CCOCC2)c1. The van der Waals surface area contributed by atoms with E-state index in [0.717, 1.165) is 12.1 Å². The Morgan fingerprint density at radius 2 is 2.00 bits per heavy atom. The summed E-state index contributed by atoms with van der Waals surface area (Å²) in [6, 6.07) is 4.87. The maximum Gasteiger partial charge on any atom is 0.337 e. The molecule has 0 unspecified atom stereocenters. The predicted octanol–water partition coefficient (Wildman–Crippen LogP) is 2.86. The first-order chi connectivity index (χ1) is 15.4. The molecule has 0 atom stereocenters. The molecule has 0 amide bonds. The number of morpholine rings is 1. The number of nitrogens with zero attached hydrogens (tertiary/aromatic N) is 5. The van der Waals surface area contributed by atoms with Crippen LogP contribution in [0.25, 0.3) is 11.1 Å². The average Bonchev–Trinajstić information content (AvgIpc) is 2.81. The molecule has 4 rings (SSSR count). The van der Waals surface area contributed by atoms with Gasteiger partial charge in [-0.3, -0.25) is 15.1 Å². The topological polar surface area (TPSA) is 144 Å². The summed E-state index contributed by atoms with van der Waals surface area (Å²) in [6.45, 7) is 2.09. The quantitative estimate of drug-likeness (QED) is 0.434. The molecule has 1 aromatic carbocycles. The van der Waals surface area contributed by atoms with Crippen molar-refractivity contribution in [2.45, 2.75) is 0 Å². The second-order valence-electron chi connectivity index (χ2n) is 6.85. The van der Waals surface area contributed by atoms with Gasteiger partial charge < -0.3 is 20.1 Å². The number of pyridine rings is 1. The number of nitro groups is 1. The molecule has 3 aromatic rings. The van der Waals surface area contributed by atoms with Gasteiger partial charge >= 0.3 is 11.7 Å². The summed E-state index contributed by atoms with van der Waals surface area (Å²) in [6.07, 6.45) is 4.28. The molecule has 3 heterocycles. The number of carboxylic acid groups (broad SMARTS) is 1. The summed E-state index contributed by atoms with van der Waals surface area (Å²) in [5.74, 6) is -1.40. The van der Waals surface area contributed by atoms with Crippen LogP contribution in [0.2, 0.25) is 0 Å². The lowest BCUT2D eigenvalue weighted by molar-refractivity contribution is -0.387. The van der Waals surface area contributed by atoms with Crippen LogP contribution in [0.4, 0.5) is 27.5 Å². The number of ether oxygens (including phenoxy) is 1. The van der Waals surface area contributed by atoms with Crippen molar-refractivity contribution in [3.8, 4) is 11.1 Å². The highest BCUT2D eigenvalue weighted by atomic mass is 19.1. The van der Waals surface area contributed by atoms with Gasteiger partial charge in [0.25, 0.3) is 0 Å². The van der Waals surface area contributed by atoms with Gasteiger partial charge in [0, 0.05) is 54.6 Å². The molecule has 2 N–H and O–H groups in total. The largest absolute Gasteiger partial charge is 0.478 e. The number of aromatic nitrogens is 3. The van der Waals surface area contributed by atoms with Crippen LogP contribution < -0.4 is 10.2 Å². The fourth-order valence-electron chi connectivity index (χ4n) is 3.22. The Bertz CT molecular complexity index is 1180. The minimum absolute atomic E-state index is 0.0243. The van der Waals surface area contributed by atoms with Gasteiger partial charge in [-0.05, 0) is 18.2 Å². The van der Waals surface area contributed by atoms with E-state index < -0.39 is 22.4 Å². The number of anilines is 3. The standard InChI is InChI=1S/C20H17FN6O5/c21-16-2-1-14(8-17(16)27(30)31)24-20-23-11-15(12-7-13(19(28)29)10-22-9-12)18(25-20)26-3-5-32-6-4-26/h1-2,7-11H,3-6H2,(H,28,29)(H,23,24,25). The minimum Gasteiger partial charge on any atom is -0.478 e. The van der Waals surface area contributed by atoms with Crippen molar-refractivity contribution >= 4 is 29.1 Å². The van der Waals surface area contributed by atoms with E-state index in [4.69, 9.17) is 4.74 Å². The molecule has 0 aliphatic carbocycles. The number of rotatable bonds is 6. The van der Waals surface area contributed by atoms with Crippen molar-refractivity contribution in [3.63, 3.8) is 0 Å². The molecule has 12 heteroatoms. The van der Waals surface area contributed by atoms with E-state index in [0.29, 0.717) is 43.2 Å². The summed E-state index contributed by atoms with van der Waals surface area (Å²) in [5, 5.41) is 23.1. The number of hydrogen-bond acceptors (Lipinski definition) is 9. The number of carboxylic acids is 1. The maximum atomic E-state index is 13.6. The highest BCUT2D eigenvalue weighted by molar-refractivity contribution is 5.89. The van der Waals surface area contributed by atoms with Crippen molar-refractivity contribution in [1.82, 2.24) is 15.0 Å². The van der Waals surface area contributed by atoms with Crippen LogP contribution in [0.1, 0.15) is 10.4 Å². The van der Waals surface area contributed by atoms with Gasteiger partial charge in [0.05, 0.1) is 23.7 Å². The highest BCUT2D eigenvalue weighted by Gasteiger charge is 2.21. The second kappa shape index (κ2) is 8.89. The molecule has 0 spiro atoms. The van der Waals surface area contributed by atoms with E-state index in [9.17, 15) is 24.4 Å². The Morgan fingerprint density at radius 1 is 1.22 bits per heavy atom. The van der Waals surface area contributed by atoms with Crippen molar-refractivity contribution in [2.24, 2.45) is 0 Å². The zero-order chi connectivity index (χ0) is 22.7. The fraction of sp³-hybridized carbons (Fsp3) is 0.200. The lowest BCUT2D eigenvalue weighted by Crippen LogP contribution is -2.37. The molecule has 0 bridgehead atoms. The molecule has 0 radical (unpaired) electrons. The average molecular weight is 440 g/mol. The highest BCUT2D eigenvalue weighted by Crippen LogP contribution is 2.31. The zero-order valence-corrected chi connectivity index (χ0v) is 16.6. The summed E-state index contributed by atoms with van der Waals surface area (Å²) in [7, 11) is 0. The Labute approximate surface area is 180 Å². The van der Waals surface area contributed by atoms with Gasteiger partial charge in [0.1, 0.15) is 5.82 Å². The summed E-state index contributed by atoms with van der Waals surface area (Å²) in [4.78, 5) is 36.3. The molecule has 1 aliphatic rings. The first-order valence-electron chi connectivity index (χ1n) is 9.52. The van der Waals surface area contributed by atoms with Crippen LogP contribution in [0.5, 0.6) is 0 Å². The third-order valence-electron chi connectivity index (χ3n) is 4.77. The van der Waals surface area contributed by atoms with E-state index in [1.54, 1.807) is 0 Å². The van der Waals surface area contributed by atoms with Gasteiger partial charge in [0.2, 0.25) is 11.8 Å². The number of aromatic carboxylic acids is 1. The monoisotopic (exact) mass is 440 g/mol.